The van der Waals surface area contributed by atoms with E-state index in [2.05, 4.69) is 18.3 Å². The van der Waals surface area contributed by atoms with Gasteiger partial charge in [0, 0.05) is 24.4 Å². The molecule has 4 nitrogen and oxygen atoms in total. The van der Waals surface area contributed by atoms with Gasteiger partial charge in [-0.2, -0.15) is 0 Å². The first kappa shape index (κ1) is 15.3. The van der Waals surface area contributed by atoms with Crippen LogP contribution < -0.4 is 15.6 Å². The maximum atomic E-state index is 11.6. The summed E-state index contributed by atoms with van der Waals surface area (Å²) in [4.78, 5) is 11.6. The van der Waals surface area contributed by atoms with Crippen LogP contribution in [0.2, 0.25) is 0 Å². The van der Waals surface area contributed by atoms with E-state index in [0.717, 1.165) is 30.8 Å². The number of benzene rings is 1. The number of para-hydroxylation sites is 1. The number of nitrogens with zero attached hydrogens (tertiary/aromatic N) is 1. The third kappa shape index (κ3) is 4.76. The fraction of sp³-hybridized carbons (Fsp3) is 0.353. The standard InChI is InChI=1S/C17H22N2O2/c1-2-10-18-14-15-7-3-4-8-16(15)21-13-12-19-11-6-5-9-17(19)20/h3-9,11,18H,2,10,12-14H2,1H3. The third-order valence-corrected chi connectivity index (χ3v) is 3.20. The van der Waals surface area contributed by atoms with Crippen molar-refractivity contribution in [3.8, 4) is 5.75 Å². The van der Waals surface area contributed by atoms with Crippen LogP contribution in [0.15, 0.2) is 53.5 Å². The molecule has 21 heavy (non-hydrogen) atoms. The summed E-state index contributed by atoms with van der Waals surface area (Å²) in [6.45, 7) is 4.97. The van der Waals surface area contributed by atoms with Crippen LogP contribution in [0.5, 0.6) is 5.75 Å². The zero-order valence-electron chi connectivity index (χ0n) is 12.4. The molecule has 0 radical (unpaired) electrons. The van der Waals surface area contributed by atoms with Crippen LogP contribution in [0.4, 0.5) is 0 Å². The highest BCUT2D eigenvalue weighted by Gasteiger charge is 2.02. The van der Waals surface area contributed by atoms with Gasteiger partial charge < -0.3 is 14.6 Å². The molecule has 1 aromatic carbocycles. The van der Waals surface area contributed by atoms with E-state index in [-0.39, 0.29) is 5.56 Å². The fourth-order valence-electron chi connectivity index (χ4n) is 2.09. The lowest BCUT2D eigenvalue weighted by Crippen LogP contribution is -2.21. The maximum Gasteiger partial charge on any atom is 0.250 e. The molecular weight excluding hydrogens is 264 g/mol. The zero-order valence-corrected chi connectivity index (χ0v) is 12.4. The lowest BCUT2D eigenvalue weighted by molar-refractivity contribution is 0.293. The van der Waals surface area contributed by atoms with Crippen molar-refractivity contribution < 1.29 is 4.74 Å². The van der Waals surface area contributed by atoms with Crippen molar-refractivity contribution in [2.24, 2.45) is 0 Å². The molecule has 2 rings (SSSR count). The number of hydrogen-bond acceptors (Lipinski definition) is 3. The van der Waals surface area contributed by atoms with E-state index in [0.29, 0.717) is 13.2 Å². The van der Waals surface area contributed by atoms with Crippen LogP contribution in [0.25, 0.3) is 0 Å². The Morgan fingerprint density at radius 3 is 2.76 bits per heavy atom. The van der Waals surface area contributed by atoms with Gasteiger partial charge in [-0.05, 0) is 25.1 Å². The average Bonchev–Trinajstić information content (AvgIpc) is 2.51. The van der Waals surface area contributed by atoms with E-state index in [1.807, 2.05) is 24.3 Å². The van der Waals surface area contributed by atoms with Crippen molar-refractivity contribution in [1.29, 1.82) is 0 Å². The van der Waals surface area contributed by atoms with Crippen LogP contribution in [0.1, 0.15) is 18.9 Å². The summed E-state index contributed by atoms with van der Waals surface area (Å²) in [6.07, 6.45) is 2.89. The van der Waals surface area contributed by atoms with Gasteiger partial charge in [0.15, 0.2) is 0 Å². The van der Waals surface area contributed by atoms with E-state index in [4.69, 9.17) is 4.74 Å². The Kier molecular flexibility index (Phi) is 6.03. The van der Waals surface area contributed by atoms with E-state index < -0.39 is 0 Å². The molecule has 2 aromatic rings. The molecule has 0 saturated carbocycles. The summed E-state index contributed by atoms with van der Waals surface area (Å²) in [7, 11) is 0. The third-order valence-electron chi connectivity index (χ3n) is 3.20. The topological polar surface area (TPSA) is 43.3 Å². The predicted molar refractivity (Wildman–Crippen MR) is 84.6 cm³/mol. The Bertz CT molecular complexity index is 607. The molecule has 0 aliphatic heterocycles. The van der Waals surface area contributed by atoms with E-state index >= 15 is 0 Å². The van der Waals surface area contributed by atoms with Crippen LogP contribution in [0.3, 0.4) is 0 Å². The van der Waals surface area contributed by atoms with Crippen molar-refractivity contribution in [1.82, 2.24) is 9.88 Å². The summed E-state index contributed by atoms with van der Waals surface area (Å²) >= 11 is 0. The number of aromatic nitrogens is 1. The second kappa shape index (κ2) is 8.27. The molecule has 1 aromatic heterocycles. The Balaban J connectivity index is 1.91. The van der Waals surface area contributed by atoms with E-state index in [1.54, 1.807) is 22.9 Å². The quantitative estimate of drug-likeness (QED) is 0.758. The molecule has 0 saturated heterocycles. The molecule has 1 heterocycles. The second-order valence-electron chi connectivity index (χ2n) is 4.87. The van der Waals surface area contributed by atoms with E-state index in [1.165, 1.54) is 0 Å². The lowest BCUT2D eigenvalue weighted by Gasteiger charge is -2.12. The van der Waals surface area contributed by atoms with Gasteiger partial charge in [0.25, 0.3) is 5.56 Å². The molecule has 0 amide bonds. The van der Waals surface area contributed by atoms with E-state index in [9.17, 15) is 4.79 Å². The van der Waals surface area contributed by atoms with Crippen molar-refractivity contribution in [3.63, 3.8) is 0 Å². The Hall–Kier alpha value is -2.07. The van der Waals surface area contributed by atoms with Crippen molar-refractivity contribution in [2.75, 3.05) is 13.2 Å². The minimum atomic E-state index is -0.000928. The van der Waals surface area contributed by atoms with Gasteiger partial charge in [0.05, 0.1) is 6.54 Å². The number of nitrogens with one attached hydrogen (secondary N) is 1. The first-order valence-corrected chi connectivity index (χ1v) is 7.38. The number of hydrogen-bond donors (Lipinski definition) is 1. The Labute approximate surface area is 125 Å². The van der Waals surface area contributed by atoms with Gasteiger partial charge in [0.1, 0.15) is 12.4 Å². The number of pyridine rings is 1. The van der Waals surface area contributed by atoms with Gasteiger partial charge in [-0.15, -0.1) is 0 Å². The lowest BCUT2D eigenvalue weighted by atomic mass is 10.2. The molecule has 4 heteroatoms. The normalized spacial score (nSPS) is 10.5. The molecule has 1 N–H and O–H groups in total. The molecule has 0 atom stereocenters. The van der Waals surface area contributed by atoms with Gasteiger partial charge in [-0.25, -0.2) is 0 Å². The Morgan fingerprint density at radius 2 is 1.95 bits per heavy atom. The van der Waals surface area contributed by atoms with Crippen LogP contribution >= 0.6 is 0 Å². The summed E-state index contributed by atoms with van der Waals surface area (Å²) in [5.41, 5.74) is 1.14. The van der Waals surface area contributed by atoms with Gasteiger partial charge in [-0.1, -0.05) is 31.2 Å². The minimum absolute atomic E-state index is 0.000928. The zero-order chi connectivity index (χ0) is 14.9. The largest absolute Gasteiger partial charge is 0.491 e. The number of rotatable bonds is 8. The summed E-state index contributed by atoms with van der Waals surface area (Å²) in [6, 6.07) is 13.2. The van der Waals surface area contributed by atoms with Crippen LogP contribution in [-0.2, 0) is 13.1 Å². The Morgan fingerprint density at radius 1 is 1.14 bits per heavy atom. The first-order valence-electron chi connectivity index (χ1n) is 7.38. The molecule has 112 valence electrons. The highest BCUT2D eigenvalue weighted by molar-refractivity contribution is 5.33. The highest BCUT2D eigenvalue weighted by Crippen LogP contribution is 2.17. The molecular formula is C17H22N2O2. The highest BCUT2D eigenvalue weighted by atomic mass is 16.5. The van der Waals surface area contributed by atoms with Gasteiger partial charge in [0.2, 0.25) is 0 Å². The second-order valence-corrected chi connectivity index (χ2v) is 4.87. The van der Waals surface area contributed by atoms with Crippen molar-refractivity contribution >= 4 is 0 Å². The van der Waals surface area contributed by atoms with Crippen LogP contribution in [-0.4, -0.2) is 17.7 Å². The molecule has 0 fully saturated rings. The summed E-state index contributed by atoms with van der Waals surface area (Å²) < 4.78 is 7.48. The SMILES string of the molecule is CCCNCc1ccccc1OCCn1ccccc1=O. The van der Waals surface area contributed by atoms with Gasteiger partial charge in [-0.3, -0.25) is 4.79 Å². The monoisotopic (exact) mass is 286 g/mol. The fourth-order valence-corrected chi connectivity index (χ4v) is 2.09. The molecule has 0 aliphatic carbocycles. The smallest absolute Gasteiger partial charge is 0.250 e. The molecule has 0 spiro atoms. The predicted octanol–water partition coefficient (Wildman–Crippen LogP) is 2.43. The average molecular weight is 286 g/mol. The van der Waals surface area contributed by atoms with Crippen molar-refractivity contribution in [2.45, 2.75) is 26.4 Å². The number of ether oxygens (including phenoxy) is 1. The van der Waals surface area contributed by atoms with Crippen molar-refractivity contribution in [3.05, 3.63) is 64.6 Å². The maximum absolute atomic E-state index is 11.6. The molecule has 0 bridgehead atoms. The molecule has 0 aliphatic rings. The van der Waals surface area contributed by atoms with Crippen LogP contribution in [0, 0.1) is 0 Å². The first-order chi connectivity index (χ1) is 10.3. The summed E-state index contributed by atoms with van der Waals surface area (Å²) in [5, 5.41) is 3.37. The minimum Gasteiger partial charge on any atom is -0.491 e. The van der Waals surface area contributed by atoms with Gasteiger partial charge >= 0.3 is 0 Å². The molecule has 0 unspecified atom stereocenters. The summed E-state index contributed by atoms with van der Waals surface area (Å²) in [5.74, 6) is 0.880.